The van der Waals surface area contributed by atoms with Crippen molar-refractivity contribution < 1.29 is 28.6 Å². The Morgan fingerprint density at radius 3 is 2.36 bits per heavy atom. The normalized spacial score (nSPS) is 13.6. The maximum Gasteiger partial charge on any atom is 0.377 e. The molecule has 0 saturated carbocycles. The van der Waals surface area contributed by atoms with E-state index < -0.39 is 23.3 Å². The first kappa shape index (κ1) is 17.9. The molecule has 0 bridgehead atoms. The van der Waals surface area contributed by atoms with Crippen molar-refractivity contribution in [1.82, 2.24) is 4.57 Å². The number of rotatable bonds is 4. The van der Waals surface area contributed by atoms with Crippen LogP contribution < -0.4 is 0 Å². The summed E-state index contributed by atoms with van der Waals surface area (Å²) in [7, 11) is 0. The van der Waals surface area contributed by atoms with Crippen molar-refractivity contribution in [3.8, 4) is 0 Å². The summed E-state index contributed by atoms with van der Waals surface area (Å²) in [6.07, 6.45) is 0.372. The average molecular weight is 383 g/mol. The van der Waals surface area contributed by atoms with Gasteiger partial charge in [-0.25, -0.2) is 13.6 Å². The van der Waals surface area contributed by atoms with Gasteiger partial charge in [0.05, 0.1) is 0 Å². The molecule has 4 rings (SSSR count). The lowest BCUT2D eigenvalue weighted by atomic mass is 9.91. The molecule has 1 aliphatic rings. The van der Waals surface area contributed by atoms with Crippen molar-refractivity contribution in [2.75, 3.05) is 0 Å². The Labute approximate surface area is 158 Å². The van der Waals surface area contributed by atoms with Crippen LogP contribution in [0.2, 0.25) is 0 Å². The van der Waals surface area contributed by atoms with Crippen LogP contribution in [0.4, 0.5) is 8.78 Å². The first-order valence-corrected chi connectivity index (χ1v) is 8.62. The van der Waals surface area contributed by atoms with Gasteiger partial charge in [0.1, 0.15) is 17.4 Å². The number of aliphatic hydroxyl groups is 1. The number of nitrogens with zero attached hydrogens (tertiary/aromatic N) is 1. The number of aliphatic hydroxyl groups excluding tert-OH is 1. The van der Waals surface area contributed by atoms with E-state index in [0.717, 1.165) is 5.56 Å². The number of hydrogen-bond acceptors (Lipinski definition) is 3. The molecule has 0 aliphatic heterocycles. The molecule has 2 N–H and O–H groups in total. The zero-order chi connectivity index (χ0) is 20.0. The van der Waals surface area contributed by atoms with Crippen LogP contribution in [0.1, 0.15) is 23.2 Å². The van der Waals surface area contributed by atoms with E-state index in [0.29, 0.717) is 29.6 Å². The van der Waals surface area contributed by atoms with E-state index in [-0.39, 0.29) is 23.4 Å². The van der Waals surface area contributed by atoms with Crippen LogP contribution in [0.5, 0.6) is 0 Å². The van der Waals surface area contributed by atoms with E-state index in [4.69, 9.17) is 5.11 Å². The molecule has 0 fully saturated rings. The third kappa shape index (κ3) is 2.85. The summed E-state index contributed by atoms with van der Waals surface area (Å²) in [6, 6.07) is 10.1. The number of carbonyl (C=O) groups excluding carboxylic acids is 1. The molecule has 0 spiro atoms. The Bertz CT molecular complexity index is 1160. The molecule has 3 aromatic rings. The van der Waals surface area contributed by atoms with Gasteiger partial charge in [0.2, 0.25) is 0 Å². The van der Waals surface area contributed by atoms with Gasteiger partial charge in [0, 0.05) is 34.3 Å². The highest BCUT2D eigenvalue weighted by Crippen LogP contribution is 2.38. The molecule has 0 atom stereocenters. The number of fused-ring (bicyclic) bond motifs is 3. The fraction of sp³-hybridized carbons (Fsp3) is 0.143. The molecule has 1 heterocycles. The van der Waals surface area contributed by atoms with Gasteiger partial charge in [-0.05, 0) is 48.7 Å². The molecular formula is C21H15F2NO4. The van der Waals surface area contributed by atoms with Crippen molar-refractivity contribution in [2.45, 2.75) is 19.4 Å². The topological polar surface area (TPSA) is 79.5 Å². The standard InChI is InChI=1S/C21H15F2NO4/c22-12-3-1-11(2-4-12)10-24-16-7-5-13(23)9-15(16)18-17(24)8-6-14(19(18)25)20(26)21(27)28/h1-5,7,9,25H,6,8,10H2,(H,27,28). The third-order valence-electron chi connectivity index (χ3n) is 4.99. The number of benzene rings is 2. The van der Waals surface area contributed by atoms with Crippen molar-refractivity contribution >= 4 is 28.4 Å². The molecule has 7 heteroatoms. The lowest BCUT2D eigenvalue weighted by Crippen LogP contribution is -2.20. The Morgan fingerprint density at radius 2 is 1.68 bits per heavy atom. The Kier molecular flexibility index (Phi) is 4.22. The van der Waals surface area contributed by atoms with Crippen molar-refractivity contribution in [3.05, 3.63) is 76.5 Å². The van der Waals surface area contributed by atoms with Crippen LogP contribution in [-0.2, 0) is 22.6 Å². The van der Waals surface area contributed by atoms with Crippen molar-refractivity contribution in [3.63, 3.8) is 0 Å². The fourth-order valence-corrected chi connectivity index (χ4v) is 3.72. The van der Waals surface area contributed by atoms with Crippen LogP contribution in [0.3, 0.4) is 0 Å². The third-order valence-corrected chi connectivity index (χ3v) is 4.99. The first-order valence-electron chi connectivity index (χ1n) is 8.62. The van der Waals surface area contributed by atoms with Crippen molar-refractivity contribution in [1.29, 1.82) is 0 Å². The maximum atomic E-state index is 13.9. The second-order valence-electron chi connectivity index (χ2n) is 6.66. The summed E-state index contributed by atoms with van der Waals surface area (Å²) in [4.78, 5) is 23.0. The van der Waals surface area contributed by atoms with E-state index in [1.54, 1.807) is 18.2 Å². The summed E-state index contributed by atoms with van der Waals surface area (Å²) < 4.78 is 29.0. The highest BCUT2D eigenvalue weighted by molar-refractivity contribution is 6.41. The van der Waals surface area contributed by atoms with E-state index in [2.05, 4.69) is 0 Å². The molecule has 0 amide bonds. The molecule has 0 radical (unpaired) electrons. The smallest absolute Gasteiger partial charge is 0.377 e. The van der Waals surface area contributed by atoms with E-state index in [1.165, 1.54) is 24.3 Å². The van der Waals surface area contributed by atoms with Gasteiger partial charge >= 0.3 is 5.97 Å². The average Bonchev–Trinajstić information content (AvgIpc) is 2.97. The number of aromatic nitrogens is 1. The minimum atomic E-state index is -1.65. The number of halogens is 2. The molecular weight excluding hydrogens is 368 g/mol. The van der Waals surface area contributed by atoms with Gasteiger partial charge in [-0.15, -0.1) is 0 Å². The summed E-state index contributed by atoms with van der Waals surface area (Å²) in [5.74, 6) is -4.12. The zero-order valence-electron chi connectivity index (χ0n) is 14.6. The van der Waals surface area contributed by atoms with Gasteiger partial charge in [-0.2, -0.15) is 0 Å². The second-order valence-corrected chi connectivity index (χ2v) is 6.66. The van der Waals surface area contributed by atoms with E-state index >= 15 is 0 Å². The van der Waals surface area contributed by atoms with Crippen LogP contribution in [0.25, 0.3) is 16.7 Å². The highest BCUT2D eigenvalue weighted by atomic mass is 19.1. The summed E-state index contributed by atoms with van der Waals surface area (Å²) >= 11 is 0. The van der Waals surface area contributed by atoms with Crippen LogP contribution in [-0.4, -0.2) is 26.5 Å². The number of Topliss-reactive ketones (excluding diaryl/α,β-unsaturated/α-hetero) is 1. The lowest BCUT2D eigenvalue weighted by molar-refractivity contribution is -0.147. The summed E-state index contributed by atoms with van der Waals surface area (Å²) in [5, 5.41) is 20.0. The Morgan fingerprint density at radius 1 is 1.00 bits per heavy atom. The molecule has 0 saturated heterocycles. The minimum Gasteiger partial charge on any atom is -0.507 e. The zero-order valence-corrected chi connectivity index (χ0v) is 14.6. The number of carbonyl (C=O) groups is 2. The van der Waals surface area contributed by atoms with Gasteiger partial charge in [-0.3, -0.25) is 4.79 Å². The second kappa shape index (κ2) is 6.60. The quantitative estimate of drug-likeness (QED) is 0.671. The largest absolute Gasteiger partial charge is 0.507 e. The summed E-state index contributed by atoms with van der Waals surface area (Å²) in [5.41, 5.74) is 2.19. The molecule has 1 aromatic heterocycles. The van der Waals surface area contributed by atoms with Crippen LogP contribution >= 0.6 is 0 Å². The fourth-order valence-electron chi connectivity index (χ4n) is 3.72. The highest BCUT2D eigenvalue weighted by Gasteiger charge is 2.31. The Balaban J connectivity index is 1.93. The SMILES string of the molecule is O=C(O)C(=O)C1=C(O)c2c(n(Cc3ccc(F)cc3)c3ccc(F)cc23)CC1. The predicted octanol–water partition coefficient (Wildman–Crippen LogP) is 3.84. The van der Waals surface area contributed by atoms with Gasteiger partial charge in [0.25, 0.3) is 5.78 Å². The van der Waals surface area contributed by atoms with Gasteiger partial charge < -0.3 is 14.8 Å². The molecule has 2 aromatic carbocycles. The number of ketones is 1. The minimum absolute atomic E-state index is 0.0617. The Hall–Kier alpha value is -3.48. The van der Waals surface area contributed by atoms with Gasteiger partial charge in [0.15, 0.2) is 0 Å². The molecule has 142 valence electrons. The lowest BCUT2D eigenvalue weighted by Gasteiger charge is -2.18. The molecule has 28 heavy (non-hydrogen) atoms. The number of hydrogen-bond donors (Lipinski definition) is 2. The van der Waals surface area contributed by atoms with E-state index in [1.807, 2.05) is 4.57 Å². The van der Waals surface area contributed by atoms with Crippen molar-refractivity contribution in [2.24, 2.45) is 0 Å². The first-order chi connectivity index (χ1) is 13.4. The maximum absolute atomic E-state index is 13.9. The predicted molar refractivity (Wildman–Crippen MR) is 97.9 cm³/mol. The monoisotopic (exact) mass is 383 g/mol. The van der Waals surface area contributed by atoms with Crippen LogP contribution in [0.15, 0.2) is 48.0 Å². The number of carboxylic acid groups (broad SMARTS) is 1. The molecule has 0 unspecified atom stereocenters. The molecule has 1 aliphatic carbocycles. The number of carboxylic acids is 1. The number of aliphatic carboxylic acids is 1. The summed E-state index contributed by atoms with van der Waals surface area (Å²) in [6.45, 7) is 0.354. The van der Waals surface area contributed by atoms with Crippen LogP contribution in [0, 0.1) is 11.6 Å². The molecule has 5 nitrogen and oxygen atoms in total. The van der Waals surface area contributed by atoms with Gasteiger partial charge in [-0.1, -0.05) is 12.1 Å². The van der Waals surface area contributed by atoms with E-state index in [9.17, 15) is 23.5 Å².